The van der Waals surface area contributed by atoms with E-state index in [0.29, 0.717) is 11.2 Å². The first-order valence-corrected chi connectivity index (χ1v) is 9.94. The van der Waals surface area contributed by atoms with Crippen LogP contribution in [0.25, 0.3) is 38.8 Å². The largest absolute Gasteiger partial charge is 0.478 e. The number of aryl methyl sites for hydroxylation is 1. The maximum Gasteiger partial charge on any atom is 0.387 e. The van der Waals surface area contributed by atoms with Crippen LogP contribution in [0, 0.1) is 0 Å². The summed E-state index contributed by atoms with van der Waals surface area (Å²) in [5, 5.41) is 9.49. The third-order valence-electron chi connectivity index (χ3n) is 5.07. The lowest BCUT2D eigenvalue weighted by atomic mass is 10.1. The second kappa shape index (κ2) is 8.54. The Labute approximate surface area is 199 Å². The minimum Gasteiger partial charge on any atom is -0.478 e. The second-order valence-electron chi connectivity index (χ2n) is 7.26. The summed E-state index contributed by atoms with van der Waals surface area (Å²) in [5.41, 5.74) is 0.947. The van der Waals surface area contributed by atoms with Crippen LogP contribution in [0.2, 0.25) is 0 Å². The van der Waals surface area contributed by atoms with E-state index in [1.807, 2.05) is 0 Å². The average Bonchev–Trinajstić information content (AvgIpc) is 3.22. The Morgan fingerprint density at radius 3 is 2.65 bits per heavy atom. The summed E-state index contributed by atoms with van der Waals surface area (Å²) < 4.78 is 75.2. The fourth-order valence-electron chi connectivity index (χ4n) is 3.67. The summed E-state index contributed by atoms with van der Waals surface area (Å²) in [6.07, 6.45) is 1.78. The van der Waals surface area contributed by atoms with Gasteiger partial charge >= 0.3 is 6.61 Å². The predicted octanol–water partition coefficient (Wildman–Crippen LogP) is 4.33. The van der Waals surface area contributed by atoms with Gasteiger partial charge in [-0.25, -0.2) is 4.98 Å². The monoisotopic (exact) mass is 468 g/mol. The highest BCUT2D eigenvalue weighted by molar-refractivity contribution is 5.91. The van der Waals surface area contributed by atoms with Gasteiger partial charge in [0, 0.05) is 28.8 Å². The molecule has 5 aromatic rings. The predicted molar refractivity (Wildman–Crippen MR) is 123 cm³/mol. The smallest absolute Gasteiger partial charge is 0.387 e. The number of hydrogen-bond acceptors (Lipinski definition) is 6. The molecule has 0 aliphatic heterocycles. The lowest BCUT2D eigenvalue weighted by Gasteiger charge is -2.12. The van der Waals surface area contributed by atoms with Crippen LogP contribution in [0.5, 0.6) is 11.6 Å². The van der Waals surface area contributed by atoms with Gasteiger partial charge in [-0.2, -0.15) is 23.7 Å². The number of nitrogens with zero attached hydrogens (tertiary/aromatic N) is 5. The molecule has 3 aromatic heterocycles. The molecule has 0 aliphatic carbocycles. The quantitative estimate of drug-likeness (QED) is 0.369. The molecule has 0 unspecified atom stereocenters. The Hall–Kier alpha value is -4.34. The maximum absolute atomic E-state index is 13.8. The Balaban J connectivity index is 1.71. The van der Waals surface area contributed by atoms with Gasteiger partial charge in [0.2, 0.25) is 5.88 Å². The normalized spacial score (nSPS) is 14.4. The molecule has 0 saturated heterocycles. The highest BCUT2D eigenvalue weighted by Crippen LogP contribution is 2.28. The second-order valence-corrected chi connectivity index (χ2v) is 7.26. The highest BCUT2D eigenvalue weighted by atomic mass is 19.3. The zero-order chi connectivity index (χ0) is 28.1. The summed E-state index contributed by atoms with van der Waals surface area (Å²) in [6, 6.07) is 13.0. The van der Waals surface area contributed by atoms with Crippen molar-refractivity contribution in [2.75, 3.05) is 6.56 Å². The number of hydrogen-bond donors (Lipinski definition) is 0. The van der Waals surface area contributed by atoms with Crippen molar-refractivity contribution in [2.45, 2.75) is 13.5 Å². The lowest BCUT2D eigenvalue weighted by Crippen LogP contribution is -2.23. The lowest BCUT2D eigenvalue weighted by molar-refractivity contribution is -0.0498. The molecule has 8 nitrogen and oxygen atoms in total. The molecule has 0 spiro atoms. The number of rotatable bonds is 6. The number of alkyl halides is 2. The molecule has 5 rings (SSSR count). The van der Waals surface area contributed by atoms with Crippen molar-refractivity contribution >= 4 is 21.9 Å². The molecule has 10 heteroatoms. The van der Waals surface area contributed by atoms with Gasteiger partial charge in [0.1, 0.15) is 16.8 Å². The first kappa shape index (κ1) is 16.3. The van der Waals surface area contributed by atoms with Crippen molar-refractivity contribution in [2.24, 2.45) is 7.05 Å². The Morgan fingerprint density at radius 1 is 1.09 bits per heavy atom. The fourth-order valence-corrected chi connectivity index (χ4v) is 3.67. The van der Waals surface area contributed by atoms with E-state index in [1.165, 1.54) is 36.4 Å². The number of fused-ring (bicyclic) bond motifs is 2. The zero-order valence-electron chi connectivity index (χ0n) is 22.6. The van der Waals surface area contributed by atoms with E-state index in [-0.39, 0.29) is 27.9 Å². The molecule has 0 radical (unpaired) electrons. The summed E-state index contributed by atoms with van der Waals surface area (Å²) >= 11 is 0. The van der Waals surface area contributed by atoms with Gasteiger partial charge in [0.05, 0.1) is 26.1 Å². The Morgan fingerprint density at radius 2 is 1.88 bits per heavy atom. The first-order valence-electron chi connectivity index (χ1n) is 12.4. The van der Waals surface area contributed by atoms with Crippen LogP contribution in [0.1, 0.15) is 13.7 Å². The summed E-state index contributed by atoms with van der Waals surface area (Å²) in [4.78, 5) is 18.0. The topological polar surface area (TPSA) is 84.1 Å². The molecular formula is C24H19F2N5O3. The first-order chi connectivity index (χ1) is 18.3. The van der Waals surface area contributed by atoms with Gasteiger partial charge in [0.25, 0.3) is 5.56 Å². The third kappa shape index (κ3) is 3.94. The summed E-state index contributed by atoms with van der Waals surface area (Å²) in [6.45, 7) is -9.21. The molecule has 0 saturated carbocycles. The van der Waals surface area contributed by atoms with Gasteiger partial charge in [0.15, 0.2) is 0 Å². The van der Waals surface area contributed by atoms with Crippen molar-refractivity contribution < 1.29 is 25.1 Å². The third-order valence-corrected chi connectivity index (χ3v) is 5.07. The SMILES string of the molecule is [2H]C([2H])([2H])C([2H])([2H])Oc1ccc2nn(-c3ccc4nn(C)cc4c3)c(=O)c(-c3ccc(OC(F)F)cc3)c2n1. The van der Waals surface area contributed by atoms with Gasteiger partial charge < -0.3 is 9.47 Å². The number of pyridine rings is 1. The van der Waals surface area contributed by atoms with Crippen molar-refractivity contribution in [1.29, 1.82) is 0 Å². The van der Waals surface area contributed by atoms with Crippen LogP contribution in [-0.4, -0.2) is 37.7 Å². The molecule has 0 atom stereocenters. The van der Waals surface area contributed by atoms with E-state index in [9.17, 15) is 13.6 Å². The van der Waals surface area contributed by atoms with E-state index in [2.05, 4.69) is 19.9 Å². The van der Waals surface area contributed by atoms with E-state index in [1.54, 1.807) is 36.1 Å². The van der Waals surface area contributed by atoms with Crippen LogP contribution < -0.4 is 15.0 Å². The molecular weight excluding hydrogens is 444 g/mol. The van der Waals surface area contributed by atoms with Crippen molar-refractivity contribution in [1.82, 2.24) is 24.5 Å². The minimum atomic E-state index is -3.11. The van der Waals surface area contributed by atoms with E-state index < -0.39 is 31.5 Å². The van der Waals surface area contributed by atoms with Crippen molar-refractivity contribution in [3.8, 4) is 28.4 Å². The summed E-state index contributed by atoms with van der Waals surface area (Å²) in [7, 11) is 1.76. The van der Waals surface area contributed by atoms with Crippen LogP contribution in [0.3, 0.4) is 0 Å². The van der Waals surface area contributed by atoms with Gasteiger partial charge in [-0.15, -0.1) is 0 Å². The number of aromatic nitrogens is 5. The maximum atomic E-state index is 13.8. The summed E-state index contributed by atoms with van der Waals surface area (Å²) in [5.74, 6) is -0.518. The minimum absolute atomic E-state index is 0.00484. The van der Waals surface area contributed by atoms with Gasteiger partial charge in [-0.05, 0) is 48.8 Å². The number of benzene rings is 2. The van der Waals surface area contributed by atoms with Gasteiger partial charge in [-0.3, -0.25) is 9.48 Å². The van der Waals surface area contributed by atoms with E-state index >= 15 is 0 Å². The van der Waals surface area contributed by atoms with Crippen molar-refractivity contribution in [3.05, 3.63) is 71.1 Å². The van der Waals surface area contributed by atoms with Crippen LogP contribution in [0.15, 0.2) is 65.6 Å². The molecule has 3 heterocycles. The van der Waals surface area contributed by atoms with Crippen molar-refractivity contribution in [3.63, 3.8) is 0 Å². The Bertz CT molecular complexity index is 1750. The van der Waals surface area contributed by atoms with E-state index in [0.717, 1.165) is 10.1 Å². The molecule has 172 valence electrons. The molecule has 0 amide bonds. The van der Waals surface area contributed by atoms with E-state index in [4.69, 9.17) is 11.6 Å². The highest BCUT2D eigenvalue weighted by Gasteiger charge is 2.18. The molecule has 0 aliphatic rings. The molecule has 0 bridgehead atoms. The standard InChI is InChI=1S/C24H19F2N5O3/c1-3-33-20-11-10-19-22(27-20)21(14-4-7-17(8-5-14)34-24(25)26)23(32)31(29-19)16-6-9-18-15(12-16)13-30(2)28-18/h4-13,24H,3H2,1-2H3/i1D3,3D2. The molecule has 0 fully saturated rings. The van der Waals surface area contributed by atoms with Crippen LogP contribution in [-0.2, 0) is 7.05 Å². The number of ether oxygens (including phenoxy) is 2. The van der Waals surface area contributed by atoms with Crippen LogP contribution in [0.4, 0.5) is 8.78 Å². The Kier molecular flexibility index (Phi) is 4.10. The van der Waals surface area contributed by atoms with Crippen LogP contribution >= 0.6 is 0 Å². The fraction of sp³-hybridized carbons (Fsp3) is 0.167. The average molecular weight is 468 g/mol. The molecule has 0 N–H and O–H groups in total. The van der Waals surface area contributed by atoms with Gasteiger partial charge in [-0.1, -0.05) is 12.1 Å². The molecule has 34 heavy (non-hydrogen) atoms. The number of halogens is 2. The zero-order valence-corrected chi connectivity index (χ0v) is 17.6. The molecule has 2 aromatic carbocycles.